The highest BCUT2D eigenvalue weighted by Gasteiger charge is 2.20. The molecule has 0 atom stereocenters. The van der Waals surface area contributed by atoms with Gasteiger partial charge in [0.1, 0.15) is 6.07 Å². The van der Waals surface area contributed by atoms with Crippen molar-refractivity contribution in [2.45, 2.75) is 19.8 Å². The van der Waals surface area contributed by atoms with Gasteiger partial charge in [-0.3, -0.25) is 4.79 Å². The number of carbonyl (C=O) groups is 1. The lowest BCUT2D eigenvalue weighted by molar-refractivity contribution is -0.117. The summed E-state index contributed by atoms with van der Waals surface area (Å²) < 4.78 is 5.06. The van der Waals surface area contributed by atoms with E-state index in [1.54, 1.807) is 30.3 Å². The zero-order chi connectivity index (χ0) is 15.2. The standard InChI is InChI=1S/C15H15N3O3/c1-2-3-8-17-15(20)11(9-16)14(19)13-10-6-4-5-7-12(10)21-18-13/h4-7,19H,2-3,8H2,1H3,(H,17,20). The Hall–Kier alpha value is -2.81. The molecule has 21 heavy (non-hydrogen) atoms. The maximum Gasteiger partial charge on any atom is 0.265 e. The highest BCUT2D eigenvalue weighted by atomic mass is 16.5. The number of rotatable bonds is 5. The van der Waals surface area contributed by atoms with Crippen LogP contribution in [0.2, 0.25) is 0 Å². The maximum absolute atomic E-state index is 11.9. The van der Waals surface area contributed by atoms with E-state index in [0.717, 1.165) is 12.8 Å². The van der Waals surface area contributed by atoms with Gasteiger partial charge in [0.05, 0.1) is 5.39 Å². The average Bonchev–Trinajstić information content (AvgIpc) is 2.92. The monoisotopic (exact) mass is 285 g/mol. The molecule has 0 unspecified atom stereocenters. The smallest absolute Gasteiger partial charge is 0.265 e. The van der Waals surface area contributed by atoms with Gasteiger partial charge < -0.3 is 14.9 Å². The third kappa shape index (κ3) is 3.03. The van der Waals surface area contributed by atoms with Gasteiger partial charge in [-0.05, 0) is 18.6 Å². The van der Waals surface area contributed by atoms with Crippen molar-refractivity contribution in [1.82, 2.24) is 10.5 Å². The Balaban J connectivity index is 2.35. The molecule has 0 bridgehead atoms. The molecule has 1 aromatic carbocycles. The number of nitrogens with zero attached hydrogens (tertiary/aromatic N) is 2. The Morgan fingerprint density at radius 1 is 1.48 bits per heavy atom. The van der Waals surface area contributed by atoms with Gasteiger partial charge in [-0.1, -0.05) is 30.6 Å². The van der Waals surface area contributed by atoms with Crippen molar-refractivity contribution < 1.29 is 14.4 Å². The molecule has 1 heterocycles. The molecule has 0 radical (unpaired) electrons. The molecule has 0 saturated carbocycles. The third-order valence-electron chi connectivity index (χ3n) is 2.99. The van der Waals surface area contributed by atoms with E-state index in [2.05, 4.69) is 10.5 Å². The first-order valence-electron chi connectivity index (χ1n) is 6.65. The van der Waals surface area contributed by atoms with Crippen LogP contribution in [-0.4, -0.2) is 22.7 Å². The number of benzene rings is 1. The summed E-state index contributed by atoms with van der Waals surface area (Å²) in [5.41, 5.74) is 0.195. The normalized spacial score (nSPS) is 11.8. The number of carbonyl (C=O) groups excluding carboxylic acids is 1. The van der Waals surface area contributed by atoms with Crippen molar-refractivity contribution in [2.24, 2.45) is 0 Å². The molecule has 0 aliphatic carbocycles. The van der Waals surface area contributed by atoms with Gasteiger partial charge >= 0.3 is 0 Å². The highest BCUT2D eigenvalue weighted by Crippen LogP contribution is 2.24. The first-order valence-corrected chi connectivity index (χ1v) is 6.65. The fourth-order valence-electron chi connectivity index (χ4n) is 1.85. The van der Waals surface area contributed by atoms with Crippen LogP contribution in [0.3, 0.4) is 0 Å². The van der Waals surface area contributed by atoms with E-state index in [9.17, 15) is 9.90 Å². The fraction of sp³-hybridized carbons (Fsp3) is 0.267. The molecule has 6 nitrogen and oxygen atoms in total. The van der Waals surface area contributed by atoms with Crippen LogP contribution in [0, 0.1) is 11.3 Å². The van der Waals surface area contributed by atoms with Gasteiger partial charge in [0.15, 0.2) is 22.6 Å². The van der Waals surface area contributed by atoms with Crippen molar-refractivity contribution in [3.05, 3.63) is 35.5 Å². The molecule has 0 aliphatic rings. The van der Waals surface area contributed by atoms with E-state index in [4.69, 9.17) is 9.78 Å². The number of aromatic nitrogens is 1. The van der Waals surface area contributed by atoms with E-state index in [0.29, 0.717) is 17.5 Å². The van der Waals surface area contributed by atoms with E-state index >= 15 is 0 Å². The van der Waals surface area contributed by atoms with Crippen molar-refractivity contribution in [2.75, 3.05) is 6.54 Å². The lowest BCUT2D eigenvalue weighted by Gasteiger charge is -2.04. The average molecular weight is 285 g/mol. The van der Waals surface area contributed by atoms with Crippen LogP contribution < -0.4 is 5.32 Å². The van der Waals surface area contributed by atoms with Crippen LogP contribution in [-0.2, 0) is 4.79 Å². The summed E-state index contributed by atoms with van der Waals surface area (Å²) in [6.45, 7) is 2.44. The van der Waals surface area contributed by atoms with Gasteiger partial charge in [-0.15, -0.1) is 0 Å². The predicted octanol–water partition coefficient (Wildman–Crippen LogP) is 2.54. The minimum atomic E-state index is -0.615. The Bertz CT molecular complexity index is 725. The van der Waals surface area contributed by atoms with Crippen molar-refractivity contribution in [1.29, 1.82) is 5.26 Å². The number of aliphatic hydroxyl groups is 1. The molecule has 1 amide bonds. The second kappa shape index (κ2) is 6.57. The molecule has 2 aromatic rings. The van der Waals surface area contributed by atoms with Crippen LogP contribution in [0.4, 0.5) is 0 Å². The predicted molar refractivity (Wildman–Crippen MR) is 77.1 cm³/mol. The Kier molecular flexibility index (Phi) is 4.57. The van der Waals surface area contributed by atoms with Gasteiger partial charge in [-0.2, -0.15) is 5.26 Å². The van der Waals surface area contributed by atoms with Crippen molar-refractivity contribution in [3.63, 3.8) is 0 Å². The van der Waals surface area contributed by atoms with Crippen LogP contribution in [0.5, 0.6) is 0 Å². The summed E-state index contributed by atoms with van der Waals surface area (Å²) in [5, 5.41) is 26.1. The number of hydrogen-bond donors (Lipinski definition) is 2. The van der Waals surface area contributed by atoms with Gasteiger partial charge in [0.2, 0.25) is 0 Å². The number of aliphatic hydroxyl groups excluding tert-OH is 1. The minimum Gasteiger partial charge on any atom is -0.504 e. The maximum atomic E-state index is 11.9. The lowest BCUT2D eigenvalue weighted by atomic mass is 10.1. The first kappa shape index (κ1) is 14.6. The second-order valence-electron chi connectivity index (χ2n) is 4.47. The van der Waals surface area contributed by atoms with Gasteiger partial charge in [-0.25, -0.2) is 0 Å². The molecule has 2 N–H and O–H groups in total. The first-order chi connectivity index (χ1) is 10.2. The van der Waals surface area contributed by atoms with Gasteiger partial charge in [0, 0.05) is 6.54 Å². The lowest BCUT2D eigenvalue weighted by Crippen LogP contribution is -2.26. The molecule has 1 aromatic heterocycles. The van der Waals surface area contributed by atoms with Gasteiger partial charge in [0.25, 0.3) is 5.91 Å². The number of amides is 1. The number of nitriles is 1. The molecular formula is C15H15N3O3. The van der Waals surface area contributed by atoms with Crippen LogP contribution in [0.25, 0.3) is 16.7 Å². The summed E-state index contributed by atoms with van der Waals surface area (Å²) >= 11 is 0. The summed E-state index contributed by atoms with van der Waals surface area (Å²) in [4.78, 5) is 11.9. The molecule has 0 fully saturated rings. The van der Waals surface area contributed by atoms with E-state index < -0.39 is 11.7 Å². The molecule has 0 saturated heterocycles. The molecule has 0 aliphatic heterocycles. The summed E-state index contributed by atoms with van der Waals surface area (Å²) in [6.07, 6.45) is 1.73. The van der Waals surface area contributed by atoms with Crippen molar-refractivity contribution >= 4 is 22.6 Å². The summed E-state index contributed by atoms with van der Waals surface area (Å²) in [7, 11) is 0. The molecule has 6 heteroatoms. The van der Waals surface area contributed by atoms with E-state index in [1.165, 1.54) is 0 Å². The number of hydrogen-bond acceptors (Lipinski definition) is 5. The summed E-state index contributed by atoms with van der Waals surface area (Å²) in [6, 6.07) is 8.62. The second-order valence-corrected chi connectivity index (χ2v) is 4.47. The number of nitrogens with one attached hydrogen (secondary N) is 1. The number of unbranched alkanes of at least 4 members (excludes halogenated alkanes) is 1. The zero-order valence-electron chi connectivity index (χ0n) is 11.6. The summed E-state index contributed by atoms with van der Waals surface area (Å²) in [5.74, 6) is -1.09. The van der Waals surface area contributed by atoms with E-state index in [-0.39, 0.29) is 11.3 Å². The van der Waals surface area contributed by atoms with Crippen LogP contribution in [0.1, 0.15) is 25.5 Å². The Morgan fingerprint density at radius 3 is 2.95 bits per heavy atom. The third-order valence-corrected chi connectivity index (χ3v) is 2.99. The largest absolute Gasteiger partial charge is 0.504 e. The number of para-hydroxylation sites is 1. The molecule has 0 spiro atoms. The molecule has 108 valence electrons. The van der Waals surface area contributed by atoms with Crippen molar-refractivity contribution in [3.8, 4) is 6.07 Å². The van der Waals surface area contributed by atoms with Crippen LogP contribution >= 0.6 is 0 Å². The Labute approximate surface area is 121 Å². The number of fused-ring (bicyclic) bond motifs is 1. The molecule has 2 rings (SSSR count). The highest BCUT2D eigenvalue weighted by molar-refractivity contribution is 6.05. The SMILES string of the molecule is CCCCNC(=O)C(C#N)=C(O)c1noc2ccccc12. The molecular weight excluding hydrogens is 270 g/mol. The quantitative estimate of drug-likeness (QED) is 0.380. The fourth-order valence-corrected chi connectivity index (χ4v) is 1.85. The zero-order valence-corrected chi connectivity index (χ0v) is 11.6. The Morgan fingerprint density at radius 2 is 2.24 bits per heavy atom. The van der Waals surface area contributed by atoms with E-state index in [1.807, 2.05) is 6.92 Å². The topological polar surface area (TPSA) is 99.2 Å². The van der Waals surface area contributed by atoms with Crippen LogP contribution in [0.15, 0.2) is 34.4 Å². The minimum absolute atomic E-state index is 0.0905.